The molecule has 0 unspecified atom stereocenters. The fourth-order valence-electron chi connectivity index (χ4n) is 4.53. The van der Waals surface area contributed by atoms with Crippen LogP contribution in [0.3, 0.4) is 0 Å². The molecule has 0 saturated carbocycles. The topological polar surface area (TPSA) is 46.5 Å². The zero-order valence-electron chi connectivity index (χ0n) is 20.6. The summed E-state index contributed by atoms with van der Waals surface area (Å²) in [5, 5.41) is 8.93. The van der Waals surface area contributed by atoms with Gasteiger partial charge in [0.15, 0.2) is 6.61 Å². The van der Waals surface area contributed by atoms with Crippen molar-refractivity contribution in [3.63, 3.8) is 0 Å². The molecule has 4 aromatic rings. The van der Waals surface area contributed by atoms with Crippen LogP contribution in [0.5, 0.6) is 5.75 Å². The van der Waals surface area contributed by atoms with Gasteiger partial charge in [0.25, 0.3) is 0 Å². The fraction of sp³-hybridized carbons (Fsp3) is 0.219. The molecule has 0 aliphatic heterocycles. The molecule has 0 amide bonds. The molecule has 0 saturated heterocycles. The molecule has 3 heteroatoms. The minimum atomic E-state index is -0.976. The first-order valence-corrected chi connectivity index (χ1v) is 12.2. The zero-order valence-corrected chi connectivity index (χ0v) is 20.6. The third kappa shape index (κ3) is 5.99. The van der Waals surface area contributed by atoms with Crippen molar-refractivity contribution in [1.29, 1.82) is 0 Å². The summed E-state index contributed by atoms with van der Waals surface area (Å²) < 4.78 is 5.43. The van der Waals surface area contributed by atoms with E-state index in [2.05, 4.69) is 93.6 Å². The molecule has 0 bridgehead atoms. The molecule has 0 aliphatic carbocycles. The minimum Gasteiger partial charge on any atom is -0.482 e. The van der Waals surface area contributed by atoms with E-state index in [1.54, 1.807) is 0 Å². The quantitative estimate of drug-likeness (QED) is 0.275. The van der Waals surface area contributed by atoms with Crippen molar-refractivity contribution in [1.82, 2.24) is 0 Å². The van der Waals surface area contributed by atoms with Gasteiger partial charge < -0.3 is 9.84 Å². The predicted molar refractivity (Wildman–Crippen MR) is 143 cm³/mol. The molecule has 0 fully saturated rings. The van der Waals surface area contributed by atoms with E-state index in [1.165, 1.54) is 33.4 Å². The molecule has 0 radical (unpaired) electrons. The molecule has 0 aromatic heterocycles. The molecule has 3 nitrogen and oxygen atoms in total. The van der Waals surface area contributed by atoms with Crippen LogP contribution in [-0.4, -0.2) is 17.7 Å². The summed E-state index contributed by atoms with van der Waals surface area (Å²) >= 11 is 0. The van der Waals surface area contributed by atoms with E-state index in [0.717, 1.165) is 24.0 Å². The van der Waals surface area contributed by atoms with Crippen LogP contribution in [0.4, 0.5) is 0 Å². The van der Waals surface area contributed by atoms with Crippen LogP contribution in [0.2, 0.25) is 0 Å². The number of carbonyl (C=O) groups is 1. The van der Waals surface area contributed by atoms with Crippen LogP contribution >= 0.6 is 0 Å². The third-order valence-corrected chi connectivity index (χ3v) is 6.29. The maximum atomic E-state index is 10.9. The Kier molecular flexibility index (Phi) is 7.67. The van der Waals surface area contributed by atoms with Crippen LogP contribution in [0.25, 0.3) is 22.3 Å². The summed E-state index contributed by atoms with van der Waals surface area (Å²) in [4.78, 5) is 10.9. The van der Waals surface area contributed by atoms with Gasteiger partial charge in [0, 0.05) is 0 Å². The summed E-state index contributed by atoms with van der Waals surface area (Å²) in [6.07, 6.45) is 1.85. The van der Waals surface area contributed by atoms with Gasteiger partial charge in [0.2, 0.25) is 0 Å². The molecule has 0 spiro atoms. The van der Waals surface area contributed by atoms with Gasteiger partial charge in [-0.25, -0.2) is 4.79 Å². The van der Waals surface area contributed by atoms with Crippen molar-refractivity contribution < 1.29 is 14.6 Å². The van der Waals surface area contributed by atoms with E-state index >= 15 is 0 Å². The molecule has 35 heavy (non-hydrogen) atoms. The number of ether oxygens (including phenoxy) is 1. The van der Waals surface area contributed by atoms with Crippen molar-refractivity contribution in [2.45, 2.75) is 39.5 Å². The van der Waals surface area contributed by atoms with E-state index in [9.17, 15) is 4.79 Å². The van der Waals surface area contributed by atoms with Crippen LogP contribution < -0.4 is 4.74 Å². The second-order valence-electron chi connectivity index (χ2n) is 9.17. The Morgan fingerprint density at radius 1 is 0.800 bits per heavy atom. The third-order valence-electron chi connectivity index (χ3n) is 6.29. The van der Waals surface area contributed by atoms with E-state index in [4.69, 9.17) is 9.84 Å². The molecule has 4 rings (SSSR count). The number of aliphatic carboxylic acids is 1. The lowest BCUT2D eigenvalue weighted by molar-refractivity contribution is -0.139. The number of benzene rings is 4. The van der Waals surface area contributed by atoms with Crippen LogP contribution in [0.15, 0.2) is 91.0 Å². The lowest BCUT2D eigenvalue weighted by Gasteiger charge is -2.17. The van der Waals surface area contributed by atoms with Gasteiger partial charge in [0.1, 0.15) is 5.75 Å². The Morgan fingerprint density at radius 2 is 1.51 bits per heavy atom. The zero-order chi connectivity index (χ0) is 24.8. The standard InChI is InChI=1S/C32H32O3/c1-4-25-19-27(30-16-14-28(35-21-32(33)34)20-31(30)22(2)3)13-15-29(25)26-12-8-11-24(18-26)17-23-9-6-5-7-10-23/h5-16,18-20,22H,4,17,21H2,1-3H3,(H,33,34). The van der Waals surface area contributed by atoms with Gasteiger partial charge in [-0.05, 0) is 75.4 Å². The molecule has 0 heterocycles. The molecule has 0 aliphatic rings. The van der Waals surface area contributed by atoms with E-state index < -0.39 is 5.97 Å². The summed E-state index contributed by atoms with van der Waals surface area (Å²) in [7, 11) is 0. The second kappa shape index (κ2) is 11.1. The number of rotatable bonds is 9. The Labute approximate surface area is 208 Å². The van der Waals surface area contributed by atoms with Crippen molar-refractivity contribution >= 4 is 5.97 Å². The lowest BCUT2D eigenvalue weighted by Crippen LogP contribution is -2.09. The van der Waals surface area contributed by atoms with E-state index in [-0.39, 0.29) is 12.5 Å². The van der Waals surface area contributed by atoms with E-state index in [0.29, 0.717) is 5.75 Å². The minimum absolute atomic E-state index is 0.276. The number of hydrogen-bond acceptors (Lipinski definition) is 2. The van der Waals surface area contributed by atoms with Crippen LogP contribution in [0.1, 0.15) is 48.9 Å². The Hall–Kier alpha value is -3.85. The number of aryl methyl sites for hydroxylation is 1. The number of hydrogen-bond donors (Lipinski definition) is 1. The van der Waals surface area contributed by atoms with Gasteiger partial charge >= 0.3 is 5.97 Å². The smallest absolute Gasteiger partial charge is 0.341 e. The number of carboxylic acid groups (broad SMARTS) is 1. The molecular weight excluding hydrogens is 432 g/mol. The van der Waals surface area contributed by atoms with Gasteiger partial charge in [-0.15, -0.1) is 0 Å². The second-order valence-corrected chi connectivity index (χ2v) is 9.17. The number of carboxylic acids is 1. The van der Waals surface area contributed by atoms with Crippen LogP contribution in [-0.2, 0) is 17.6 Å². The monoisotopic (exact) mass is 464 g/mol. The predicted octanol–water partition coefficient (Wildman–Crippen LogP) is 7.76. The van der Waals surface area contributed by atoms with E-state index in [1.807, 2.05) is 18.2 Å². The SMILES string of the molecule is CCc1cc(-c2ccc(OCC(=O)O)cc2C(C)C)ccc1-c1cccc(Cc2ccccc2)c1. The summed E-state index contributed by atoms with van der Waals surface area (Å²) in [6.45, 7) is 6.15. The van der Waals surface area contributed by atoms with Crippen molar-refractivity contribution in [3.8, 4) is 28.0 Å². The molecule has 1 N–H and O–H groups in total. The first-order chi connectivity index (χ1) is 16.9. The maximum Gasteiger partial charge on any atom is 0.341 e. The molecule has 4 aromatic carbocycles. The van der Waals surface area contributed by atoms with Gasteiger partial charge in [-0.2, -0.15) is 0 Å². The van der Waals surface area contributed by atoms with Crippen molar-refractivity contribution in [2.24, 2.45) is 0 Å². The highest BCUT2D eigenvalue weighted by molar-refractivity contribution is 5.76. The Morgan fingerprint density at radius 3 is 2.23 bits per heavy atom. The first-order valence-electron chi connectivity index (χ1n) is 12.2. The van der Waals surface area contributed by atoms with Gasteiger partial charge in [-0.3, -0.25) is 0 Å². The average Bonchev–Trinajstić information content (AvgIpc) is 2.87. The molecular formula is C32H32O3. The lowest BCUT2D eigenvalue weighted by atomic mass is 9.88. The molecule has 178 valence electrons. The Bertz CT molecular complexity index is 1310. The first kappa shape index (κ1) is 24.3. The van der Waals surface area contributed by atoms with Crippen molar-refractivity contribution in [3.05, 3.63) is 113 Å². The molecule has 0 atom stereocenters. The summed E-state index contributed by atoms with van der Waals surface area (Å²) in [5.41, 5.74) is 9.89. The average molecular weight is 465 g/mol. The van der Waals surface area contributed by atoms with Crippen LogP contribution in [0, 0.1) is 0 Å². The maximum absolute atomic E-state index is 10.9. The summed E-state index contributed by atoms with van der Waals surface area (Å²) in [5.74, 6) is -0.114. The highest BCUT2D eigenvalue weighted by Gasteiger charge is 2.14. The Balaban J connectivity index is 1.66. The fourth-order valence-corrected chi connectivity index (χ4v) is 4.53. The highest BCUT2D eigenvalue weighted by atomic mass is 16.5. The highest BCUT2D eigenvalue weighted by Crippen LogP contribution is 2.35. The van der Waals surface area contributed by atoms with Gasteiger partial charge in [-0.1, -0.05) is 99.6 Å². The normalized spacial score (nSPS) is 11.0. The largest absolute Gasteiger partial charge is 0.482 e. The van der Waals surface area contributed by atoms with Crippen molar-refractivity contribution in [2.75, 3.05) is 6.61 Å². The summed E-state index contributed by atoms with van der Waals surface area (Å²) in [6, 6.07) is 32.0. The van der Waals surface area contributed by atoms with Gasteiger partial charge in [0.05, 0.1) is 0 Å².